The fourth-order valence-electron chi connectivity index (χ4n) is 2.47. The maximum atomic E-state index is 11.3. The fourth-order valence-corrected chi connectivity index (χ4v) is 2.47. The maximum Gasteiger partial charge on any atom is 0.299 e. The van der Waals surface area contributed by atoms with Gasteiger partial charge in [-0.15, -0.1) is 0 Å². The Bertz CT molecular complexity index is 721. The molecule has 0 amide bonds. The van der Waals surface area contributed by atoms with Crippen LogP contribution in [0.3, 0.4) is 0 Å². The molecule has 8 nitrogen and oxygen atoms in total. The third-order valence-corrected chi connectivity index (χ3v) is 3.65. The van der Waals surface area contributed by atoms with E-state index >= 15 is 0 Å². The number of hydrogen-bond donors (Lipinski definition) is 0. The third kappa shape index (κ3) is 3.42. The summed E-state index contributed by atoms with van der Waals surface area (Å²) in [5.41, 5.74) is 0.670. The topological polar surface area (TPSA) is 102 Å². The predicted octanol–water partition coefficient (Wildman–Crippen LogP) is 3.49. The van der Waals surface area contributed by atoms with Crippen molar-refractivity contribution in [2.24, 2.45) is 0 Å². The molecule has 0 radical (unpaired) electrons. The van der Waals surface area contributed by atoms with Crippen LogP contribution < -0.4 is 4.90 Å². The van der Waals surface area contributed by atoms with E-state index in [0.717, 1.165) is 11.6 Å². The van der Waals surface area contributed by atoms with Gasteiger partial charge in [0.1, 0.15) is 5.69 Å². The van der Waals surface area contributed by atoms with Gasteiger partial charge in [-0.2, -0.15) is 0 Å². The highest BCUT2D eigenvalue weighted by molar-refractivity contribution is 5.67. The molecule has 0 bridgehead atoms. The van der Waals surface area contributed by atoms with E-state index in [1.54, 1.807) is 18.5 Å². The highest BCUT2D eigenvalue weighted by Gasteiger charge is 2.26. The van der Waals surface area contributed by atoms with Gasteiger partial charge in [0, 0.05) is 25.0 Å². The van der Waals surface area contributed by atoms with Gasteiger partial charge in [-0.05, 0) is 31.5 Å². The molecule has 0 aliphatic rings. The van der Waals surface area contributed by atoms with Crippen LogP contribution in [0.4, 0.5) is 17.1 Å². The average molecular weight is 316 g/mol. The first-order valence-corrected chi connectivity index (χ1v) is 7.05. The zero-order valence-corrected chi connectivity index (χ0v) is 12.7. The van der Waals surface area contributed by atoms with Crippen LogP contribution in [0.2, 0.25) is 0 Å². The largest absolute Gasteiger partial charge is 0.359 e. The molecule has 1 unspecified atom stereocenters. The highest BCUT2D eigenvalue weighted by Crippen LogP contribution is 2.36. The van der Waals surface area contributed by atoms with E-state index in [2.05, 4.69) is 4.98 Å². The monoisotopic (exact) mass is 316 g/mol. The van der Waals surface area contributed by atoms with Crippen molar-refractivity contribution in [2.75, 3.05) is 11.4 Å². The molecule has 0 spiro atoms. The molecule has 1 aromatic heterocycles. The third-order valence-electron chi connectivity index (χ3n) is 3.65. The fraction of sp³-hybridized carbons (Fsp3) is 0.267. The molecular formula is C15H16N4O4. The maximum absolute atomic E-state index is 11.3. The van der Waals surface area contributed by atoms with Gasteiger partial charge in [0.2, 0.25) is 0 Å². The van der Waals surface area contributed by atoms with E-state index < -0.39 is 9.85 Å². The summed E-state index contributed by atoms with van der Waals surface area (Å²) >= 11 is 0. The minimum atomic E-state index is -0.641. The Kier molecular flexibility index (Phi) is 4.85. The molecule has 0 N–H and O–H groups in total. The normalized spacial score (nSPS) is 11.7. The van der Waals surface area contributed by atoms with Crippen molar-refractivity contribution < 1.29 is 9.85 Å². The number of hydrogen-bond acceptors (Lipinski definition) is 6. The first-order chi connectivity index (χ1) is 11.0. The molecule has 1 heterocycles. The van der Waals surface area contributed by atoms with Crippen molar-refractivity contribution in [2.45, 2.75) is 19.9 Å². The van der Waals surface area contributed by atoms with Crippen LogP contribution in [-0.2, 0) is 0 Å². The Balaban J connectivity index is 2.49. The molecule has 1 aromatic carbocycles. The van der Waals surface area contributed by atoms with Gasteiger partial charge in [-0.25, -0.2) is 0 Å². The number of benzene rings is 1. The summed E-state index contributed by atoms with van der Waals surface area (Å²) in [5.74, 6) is 0. The molecule has 2 aromatic rings. The molecule has 8 heteroatoms. The van der Waals surface area contributed by atoms with Gasteiger partial charge in [0.15, 0.2) is 0 Å². The minimum absolute atomic E-state index is 0.158. The summed E-state index contributed by atoms with van der Waals surface area (Å²) in [4.78, 5) is 26.8. The molecule has 0 fully saturated rings. The summed E-state index contributed by atoms with van der Waals surface area (Å²) < 4.78 is 0. The van der Waals surface area contributed by atoms with Gasteiger partial charge in [-0.1, -0.05) is 6.07 Å². The summed E-state index contributed by atoms with van der Waals surface area (Å²) in [7, 11) is 0. The quantitative estimate of drug-likeness (QED) is 0.597. The smallest absolute Gasteiger partial charge is 0.299 e. The van der Waals surface area contributed by atoms with Crippen molar-refractivity contribution in [1.82, 2.24) is 4.98 Å². The molecule has 0 aliphatic heterocycles. The van der Waals surface area contributed by atoms with E-state index in [-0.39, 0.29) is 17.4 Å². The van der Waals surface area contributed by atoms with E-state index in [1.165, 1.54) is 12.1 Å². The number of nitro benzene ring substituents is 2. The summed E-state index contributed by atoms with van der Waals surface area (Å²) in [6, 6.07) is 7.22. The first kappa shape index (κ1) is 16.3. The van der Waals surface area contributed by atoms with Gasteiger partial charge >= 0.3 is 0 Å². The van der Waals surface area contributed by atoms with Crippen LogP contribution in [-0.4, -0.2) is 21.4 Å². The lowest BCUT2D eigenvalue weighted by atomic mass is 10.1. The molecule has 0 aliphatic carbocycles. The average Bonchev–Trinajstić information content (AvgIpc) is 2.56. The second-order valence-electron chi connectivity index (χ2n) is 4.94. The number of nitro groups is 2. The molecule has 23 heavy (non-hydrogen) atoms. The Morgan fingerprint density at radius 3 is 2.48 bits per heavy atom. The van der Waals surface area contributed by atoms with Gasteiger partial charge in [-0.3, -0.25) is 25.2 Å². The second-order valence-corrected chi connectivity index (χ2v) is 4.94. The molecule has 1 atom stereocenters. The SMILES string of the molecule is CCN(c1ccc([N+](=O)[O-])cc1[N+](=O)[O-])C(C)c1cccnc1. The van der Waals surface area contributed by atoms with Crippen molar-refractivity contribution in [1.29, 1.82) is 0 Å². The van der Waals surface area contributed by atoms with Crippen molar-refractivity contribution in [3.63, 3.8) is 0 Å². The summed E-state index contributed by atoms with van der Waals surface area (Å²) in [6.07, 6.45) is 3.35. The van der Waals surface area contributed by atoms with Crippen LogP contribution in [0.25, 0.3) is 0 Å². The van der Waals surface area contributed by atoms with Gasteiger partial charge in [0.25, 0.3) is 11.4 Å². The van der Waals surface area contributed by atoms with Crippen LogP contribution in [0.1, 0.15) is 25.5 Å². The molecule has 0 saturated heterocycles. The van der Waals surface area contributed by atoms with Crippen molar-refractivity contribution in [3.05, 3.63) is 68.5 Å². The number of non-ortho nitro benzene ring substituents is 1. The van der Waals surface area contributed by atoms with Gasteiger partial charge in [0.05, 0.1) is 22.0 Å². The van der Waals surface area contributed by atoms with Crippen LogP contribution >= 0.6 is 0 Å². The highest BCUT2D eigenvalue weighted by atomic mass is 16.6. The summed E-state index contributed by atoms with van der Waals surface area (Å²) in [5, 5.41) is 22.2. The van der Waals surface area contributed by atoms with Crippen LogP contribution in [0.15, 0.2) is 42.7 Å². The second kappa shape index (κ2) is 6.82. The standard InChI is InChI=1S/C15H16N4O4/c1-3-17(11(2)12-5-4-8-16-10-12)14-7-6-13(18(20)21)9-15(14)19(22)23/h4-11H,3H2,1-2H3. The number of rotatable bonds is 6. The first-order valence-electron chi connectivity index (χ1n) is 7.05. The zero-order valence-electron chi connectivity index (χ0n) is 12.7. The van der Waals surface area contributed by atoms with E-state index in [0.29, 0.717) is 12.2 Å². The van der Waals surface area contributed by atoms with Crippen molar-refractivity contribution >= 4 is 17.1 Å². The molecular weight excluding hydrogens is 300 g/mol. The lowest BCUT2D eigenvalue weighted by Crippen LogP contribution is -2.27. The van der Waals surface area contributed by atoms with Crippen LogP contribution in [0.5, 0.6) is 0 Å². The zero-order chi connectivity index (χ0) is 17.0. The minimum Gasteiger partial charge on any atom is -0.359 e. The van der Waals surface area contributed by atoms with E-state index in [4.69, 9.17) is 0 Å². The summed E-state index contributed by atoms with van der Waals surface area (Å²) in [6.45, 7) is 4.29. The lowest BCUT2D eigenvalue weighted by Gasteiger charge is -2.29. The number of pyridine rings is 1. The van der Waals surface area contributed by atoms with E-state index in [9.17, 15) is 20.2 Å². The number of aromatic nitrogens is 1. The van der Waals surface area contributed by atoms with Gasteiger partial charge < -0.3 is 4.90 Å². The lowest BCUT2D eigenvalue weighted by molar-refractivity contribution is -0.393. The van der Waals surface area contributed by atoms with Crippen molar-refractivity contribution in [3.8, 4) is 0 Å². The molecule has 120 valence electrons. The Labute approximate surface area is 132 Å². The Morgan fingerprint density at radius 2 is 1.96 bits per heavy atom. The molecule has 2 rings (SSSR count). The number of anilines is 1. The van der Waals surface area contributed by atoms with E-state index in [1.807, 2.05) is 24.8 Å². The Hall–Kier alpha value is -3.03. The Morgan fingerprint density at radius 1 is 1.22 bits per heavy atom. The number of nitrogens with zero attached hydrogens (tertiary/aromatic N) is 4. The predicted molar refractivity (Wildman–Crippen MR) is 85.4 cm³/mol. The molecule has 0 saturated carbocycles. The van der Waals surface area contributed by atoms with Crippen LogP contribution in [0, 0.1) is 20.2 Å².